The number of carbonyl (C=O) groups excluding carboxylic acids is 2. The predicted molar refractivity (Wildman–Crippen MR) is 137 cm³/mol. The number of benzene rings is 4. The minimum Gasteiger partial charge on any atom is -1.00 e. The van der Waals surface area contributed by atoms with Crippen LogP contribution in [0.1, 0.15) is 27.6 Å². The summed E-state index contributed by atoms with van der Waals surface area (Å²) in [6, 6.07) is 37.8. The summed E-state index contributed by atoms with van der Waals surface area (Å²) in [6.45, 7) is 2.09. The quantitative estimate of drug-likeness (QED) is 0.198. The van der Waals surface area contributed by atoms with E-state index in [0.29, 0.717) is 23.9 Å². The molecule has 0 heterocycles. The van der Waals surface area contributed by atoms with Gasteiger partial charge < -0.3 is 21.7 Å². The van der Waals surface area contributed by atoms with Crippen molar-refractivity contribution in [3.05, 3.63) is 126 Å². The smallest absolute Gasteiger partial charge is 0.338 e. The van der Waals surface area contributed by atoms with Crippen LogP contribution in [0.15, 0.2) is 115 Å². The van der Waals surface area contributed by atoms with Crippen LogP contribution < -0.4 is 32.9 Å². The average Bonchev–Trinajstić information content (AvgIpc) is 2.89. The maximum atomic E-state index is 13.7. The van der Waals surface area contributed by atoms with Crippen LogP contribution in [-0.2, 0) is 4.74 Å². The van der Waals surface area contributed by atoms with Gasteiger partial charge in [-0.25, -0.2) is 4.79 Å². The third-order valence-corrected chi connectivity index (χ3v) is 9.99. The number of esters is 1. The van der Waals surface area contributed by atoms with Crippen molar-refractivity contribution in [3.63, 3.8) is 0 Å². The number of ketones is 1. The van der Waals surface area contributed by atoms with Crippen LogP contribution in [0.5, 0.6) is 0 Å². The Kier molecular flexibility index (Phi) is 8.92. The fourth-order valence-corrected chi connectivity index (χ4v) is 8.18. The molecule has 5 heteroatoms. The molecule has 0 spiro atoms. The molecule has 0 unspecified atom stereocenters. The average molecular weight is 533 g/mol. The molecule has 0 aliphatic heterocycles. The van der Waals surface area contributed by atoms with Gasteiger partial charge in [0.05, 0.1) is 12.2 Å². The molecule has 0 saturated heterocycles. The summed E-state index contributed by atoms with van der Waals surface area (Å²) in [6.07, 6.45) is 0.365. The van der Waals surface area contributed by atoms with Gasteiger partial charge in [0.2, 0.25) is 5.78 Å². The van der Waals surface area contributed by atoms with E-state index in [2.05, 4.69) is 36.4 Å². The highest BCUT2D eigenvalue weighted by Gasteiger charge is 2.47. The Labute approximate surface area is 211 Å². The summed E-state index contributed by atoms with van der Waals surface area (Å²) in [5.74, 6) is -0.327. The fraction of sp³-hybridized carbons (Fsp3) is 0.103. The third-order valence-electron chi connectivity index (χ3n) is 5.69. The monoisotopic (exact) mass is 532 g/mol. The molecule has 0 aromatic heterocycles. The highest BCUT2D eigenvalue weighted by molar-refractivity contribution is 7.96. The second-order valence-electron chi connectivity index (χ2n) is 7.70. The number of hydrogen-bond donors (Lipinski definition) is 0. The molecule has 0 bridgehead atoms. The first kappa shape index (κ1) is 25.6. The molecule has 172 valence electrons. The second kappa shape index (κ2) is 11.9. The van der Waals surface area contributed by atoms with E-state index in [-0.39, 0.29) is 28.7 Å². The first-order valence-electron chi connectivity index (χ1n) is 11.0. The Hall–Kier alpha value is -3.07. The van der Waals surface area contributed by atoms with Crippen molar-refractivity contribution in [3.8, 4) is 0 Å². The van der Waals surface area contributed by atoms with Crippen molar-refractivity contribution in [2.45, 2.75) is 6.92 Å². The maximum absolute atomic E-state index is 13.7. The molecule has 0 N–H and O–H groups in total. The van der Waals surface area contributed by atoms with Crippen molar-refractivity contribution in [2.24, 2.45) is 0 Å². The van der Waals surface area contributed by atoms with Crippen molar-refractivity contribution >= 4 is 34.9 Å². The van der Waals surface area contributed by atoms with Crippen LogP contribution in [0.2, 0.25) is 0 Å². The highest BCUT2D eigenvalue weighted by atomic mass is 79.9. The van der Waals surface area contributed by atoms with Crippen LogP contribution in [0, 0.1) is 0 Å². The van der Waals surface area contributed by atoms with Crippen molar-refractivity contribution in [2.75, 3.05) is 12.8 Å². The zero-order valence-electron chi connectivity index (χ0n) is 18.9. The lowest BCUT2D eigenvalue weighted by Crippen LogP contribution is -3.00. The molecule has 0 aliphatic carbocycles. The first-order chi connectivity index (χ1) is 16.1. The van der Waals surface area contributed by atoms with Gasteiger partial charge >= 0.3 is 5.97 Å². The molecule has 0 fully saturated rings. The van der Waals surface area contributed by atoms with E-state index in [9.17, 15) is 9.59 Å². The number of carbonyl (C=O) groups is 2. The van der Waals surface area contributed by atoms with Gasteiger partial charge in [0, 0.05) is 5.56 Å². The van der Waals surface area contributed by atoms with Crippen molar-refractivity contribution in [1.29, 1.82) is 0 Å². The maximum Gasteiger partial charge on any atom is 0.338 e. The summed E-state index contributed by atoms with van der Waals surface area (Å²) < 4.78 is 5.06. The van der Waals surface area contributed by atoms with Gasteiger partial charge in [-0.05, 0) is 55.5 Å². The Balaban J connectivity index is 0.00000324. The molecule has 0 atom stereocenters. The predicted octanol–water partition coefficient (Wildman–Crippen LogP) is 2.04. The Morgan fingerprint density at radius 1 is 0.618 bits per heavy atom. The van der Waals surface area contributed by atoms with Gasteiger partial charge in [0.15, 0.2) is 0 Å². The molecule has 0 amide bonds. The normalized spacial score (nSPS) is 10.7. The topological polar surface area (TPSA) is 43.4 Å². The van der Waals surface area contributed by atoms with Crippen molar-refractivity contribution < 1.29 is 31.3 Å². The number of halogens is 1. The van der Waals surface area contributed by atoms with Gasteiger partial charge in [0.25, 0.3) is 0 Å². The minimum atomic E-state index is -2.26. The van der Waals surface area contributed by atoms with Gasteiger partial charge in [-0.15, -0.1) is 0 Å². The fourth-order valence-electron chi connectivity index (χ4n) is 4.08. The molecule has 0 saturated carbocycles. The van der Waals surface area contributed by atoms with E-state index >= 15 is 0 Å². The third kappa shape index (κ3) is 5.35. The molecule has 4 aromatic rings. The van der Waals surface area contributed by atoms with Gasteiger partial charge in [0.1, 0.15) is 29.3 Å². The van der Waals surface area contributed by atoms with E-state index in [1.54, 1.807) is 31.2 Å². The Morgan fingerprint density at radius 2 is 1.00 bits per heavy atom. The van der Waals surface area contributed by atoms with Crippen LogP contribution in [0.4, 0.5) is 0 Å². The number of ether oxygens (including phenoxy) is 1. The lowest BCUT2D eigenvalue weighted by molar-refractivity contribution is -0.0000318. The number of hydrogen-bond acceptors (Lipinski definition) is 3. The Morgan fingerprint density at radius 3 is 1.38 bits per heavy atom. The standard InChI is InChI=1S/C29H26O3P.BrH/c1-2-32-29(31)24-20-18-23(19-21-24)28(30)22-33(25-12-6-3-7-13-25,26-14-8-4-9-15-26)27-16-10-5-11-17-27;/h3-21H,2,22H2,1H3;1H/q+1;/p-1. The van der Waals surface area contributed by atoms with E-state index in [0.717, 1.165) is 0 Å². The largest absolute Gasteiger partial charge is 1.00 e. The molecule has 34 heavy (non-hydrogen) atoms. The molecule has 3 nitrogen and oxygen atoms in total. The van der Waals surface area contributed by atoms with Crippen LogP contribution in [0.25, 0.3) is 0 Å². The van der Waals surface area contributed by atoms with Gasteiger partial charge in [-0.2, -0.15) is 0 Å². The van der Waals surface area contributed by atoms with E-state index in [1.165, 1.54) is 15.9 Å². The summed E-state index contributed by atoms with van der Waals surface area (Å²) in [5, 5.41) is 3.50. The van der Waals surface area contributed by atoms with Crippen LogP contribution in [0.3, 0.4) is 0 Å². The molecular formula is C29H26BrO3P. The summed E-state index contributed by atoms with van der Waals surface area (Å²) >= 11 is 0. The highest BCUT2D eigenvalue weighted by Crippen LogP contribution is 2.55. The SMILES string of the molecule is CCOC(=O)c1ccc(C(=O)C[P+](c2ccccc2)(c2ccccc2)c2ccccc2)cc1.[Br-]. The summed E-state index contributed by atoms with van der Waals surface area (Å²) in [5.41, 5.74) is 1.04. The van der Waals surface area contributed by atoms with Gasteiger partial charge in [-0.1, -0.05) is 66.7 Å². The zero-order chi connectivity index (χ0) is 23.1. The molecule has 0 radical (unpaired) electrons. The molecule has 4 aromatic carbocycles. The molecule has 0 aliphatic rings. The second-order valence-corrected chi connectivity index (χ2v) is 11.2. The molecule has 4 rings (SSSR count). The van der Waals surface area contributed by atoms with E-state index in [1.807, 2.05) is 54.6 Å². The summed E-state index contributed by atoms with van der Waals surface area (Å²) in [7, 11) is -2.26. The van der Waals surface area contributed by atoms with Crippen molar-refractivity contribution in [1.82, 2.24) is 0 Å². The lowest BCUT2D eigenvalue weighted by atomic mass is 10.1. The van der Waals surface area contributed by atoms with Crippen LogP contribution in [-0.4, -0.2) is 24.5 Å². The zero-order valence-corrected chi connectivity index (χ0v) is 21.4. The van der Waals surface area contributed by atoms with Crippen LogP contribution >= 0.6 is 7.26 Å². The lowest BCUT2D eigenvalue weighted by Gasteiger charge is -2.27. The molecular weight excluding hydrogens is 507 g/mol. The number of rotatable bonds is 8. The minimum absolute atomic E-state index is 0. The summed E-state index contributed by atoms with van der Waals surface area (Å²) in [4.78, 5) is 25.7. The first-order valence-corrected chi connectivity index (χ1v) is 13.0. The van der Waals surface area contributed by atoms with E-state index in [4.69, 9.17) is 4.74 Å². The Bertz CT molecular complexity index is 1110. The number of Topliss-reactive ketones (excluding diaryl/α,β-unsaturated/α-hetero) is 1. The van der Waals surface area contributed by atoms with E-state index < -0.39 is 7.26 Å². The van der Waals surface area contributed by atoms with Gasteiger partial charge in [-0.3, -0.25) is 4.79 Å².